The van der Waals surface area contributed by atoms with Gasteiger partial charge in [0.1, 0.15) is 11.9 Å². The molecule has 0 spiro atoms. The minimum Gasteiger partial charge on any atom is -0.344 e. The number of fused-ring (bicyclic) bond motifs is 1. The fraction of sp³-hybridized carbons (Fsp3) is 0.321. The Morgan fingerprint density at radius 3 is 2.53 bits per heavy atom. The van der Waals surface area contributed by atoms with Crippen LogP contribution in [0.5, 0.6) is 0 Å². The Balaban J connectivity index is 1.57. The highest BCUT2D eigenvalue weighted by Gasteiger charge is 2.32. The number of anilines is 2. The lowest BCUT2D eigenvalue weighted by Crippen LogP contribution is -2.49. The summed E-state index contributed by atoms with van der Waals surface area (Å²) < 4.78 is 2.69. The molecule has 9 nitrogen and oxygen atoms in total. The summed E-state index contributed by atoms with van der Waals surface area (Å²) in [7, 11) is 1.56. The van der Waals surface area contributed by atoms with Crippen LogP contribution in [0.25, 0.3) is 5.69 Å². The summed E-state index contributed by atoms with van der Waals surface area (Å²) in [6.07, 6.45) is 3.20. The molecule has 10 heteroatoms. The van der Waals surface area contributed by atoms with Crippen molar-refractivity contribution >= 4 is 45.3 Å². The molecule has 2 aromatic carbocycles. The third-order valence-electron chi connectivity index (χ3n) is 6.31. The molecule has 1 aromatic heterocycles. The Morgan fingerprint density at radius 2 is 1.84 bits per heavy atom. The summed E-state index contributed by atoms with van der Waals surface area (Å²) in [5.41, 5.74) is 9.05. The zero-order chi connectivity index (χ0) is 27.4. The summed E-state index contributed by atoms with van der Waals surface area (Å²) in [4.78, 5) is 39.9. The molecule has 0 saturated heterocycles. The van der Waals surface area contributed by atoms with Gasteiger partial charge in [-0.2, -0.15) is 0 Å². The molecule has 0 saturated carbocycles. The van der Waals surface area contributed by atoms with E-state index in [4.69, 9.17) is 5.73 Å². The number of benzene rings is 2. The van der Waals surface area contributed by atoms with E-state index in [0.717, 1.165) is 27.0 Å². The molecule has 0 aliphatic carbocycles. The molecular formula is C28H33BrN6O3. The number of para-hydroxylation sites is 1. The summed E-state index contributed by atoms with van der Waals surface area (Å²) in [6, 6.07) is 16.5. The van der Waals surface area contributed by atoms with Crippen molar-refractivity contribution in [1.82, 2.24) is 15.2 Å². The third-order valence-corrected chi connectivity index (χ3v) is 6.74. The van der Waals surface area contributed by atoms with Crippen LogP contribution in [0.4, 0.5) is 16.3 Å². The van der Waals surface area contributed by atoms with Crippen LogP contribution < -0.4 is 26.6 Å². The SMILES string of the molecule is CNC(=O)Nc1cc(Br)cn1-c1ccc(CN2C(=O)[C@H](NC(=O)CC(C)(C)N)CCc3ccccc32)cc1. The van der Waals surface area contributed by atoms with Crippen LogP contribution in [-0.2, 0) is 22.6 Å². The minimum absolute atomic E-state index is 0.136. The Hall–Kier alpha value is -3.63. The van der Waals surface area contributed by atoms with Crippen LogP contribution >= 0.6 is 15.9 Å². The first-order valence-corrected chi connectivity index (χ1v) is 13.3. The molecule has 1 atom stereocenters. The topological polar surface area (TPSA) is 121 Å². The highest BCUT2D eigenvalue weighted by atomic mass is 79.9. The molecule has 4 rings (SSSR count). The van der Waals surface area contributed by atoms with Gasteiger partial charge in [0.05, 0.1) is 6.54 Å². The molecule has 1 aliphatic heterocycles. The average molecular weight is 582 g/mol. The monoisotopic (exact) mass is 580 g/mol. The molecule has 4 amide bonds. The molecule has 5 N–H and O–H groups in total. The van der Waals surface area contributed by atoms with Gasteiger partial charge in [-0.3, -0.25) is 14.9 Å². The minimum atomic E-state index is -0.659. The van der Waals surface area contributed by atoms with Gasteiger partial charge in [-0.1, -0.05) is 30.3 Å². The Labute approximate surface area is 230 Å². The van der Waals surface area contributed by atoms with E-state index >= 15 is 0 Å². The average Bonchev–Trinajstić information content (AvgIpc) is 3.17. The molecule has 0 fully saturated rings. The number of rotatable bonds is 7. The van der Waals surface area contributed by atoms with Crippen LogP contribution in [0.2, 0.25) is 0 Å². The zero-order valence-corrected chi connectivity index (χ0v) is 23.3. The molecule has 2 heterocycles. The number of carbonyl (C=O) groups excluding carboxylic acids is 3. The highest BCUT2D eigenvalue weighted by molar-refractivity contribution is 9.10. The van der Waals surface area contributed by atoms with Crippen LogP contribution in [-0.4, -0.2) is 41.0 Å². The number of hydrogen-bond donors (Lipinski definition) is 4. The van der Waals surface area contributed by atoms with E-state index in [1.807, 2.05) is 65.4 Å². The van der Waals surface area contributed by atoms with Crippen LogP contribution in [0.15, 0.2) is 65.3 Å². The van der Waals surface area contributed by atoms with Crippen molar-refractivity contribution in [3.8, 4) is 5.69 Å². The lowest BCUT2D eigenvalue weighted by Gasteiger charge is -2.27. The van der Waals surface area contributed by atoms with E-state index in [1.165, 1.54) is 0 Å². The van der Waals surface area contributed by atoms with Crippen molar-refractivity contribution in [3.05, 3.63) is 76.4 Å². The van der Waals surface area contributed by atoms with Gasteiger partial charge in [-0.25, -0.2) is 4.79 Å². The molecule has 200 valence electrons. The van der Waals surface area contributed by atoms with Crippen LogP contribution in [0.3, 0.4) is 0 Å². The maximum atomic E-state index is 13.7. The summed E-state index contributed by atoms with van der Waals surface area (Å²) in [6.45, 7) is 3.93. The maximum Gasteiger partial charge on any atom is 0.320 e. The quantitative estimate of drug-likeness (QED) is 0.336. The number of halogens is 1. The van der Waals surface area contributed by atoms with Gasteiger partial charge in [-0.15, -0.1) is 0 Å². The lowest BCUT2D eigenvalue weighted by atomic mass is 10.0. The molecule has 0 bridgehead atoms. The Kier molecular flexibility index (Phi) is 8.23. The number of nitrogens with two attached hydrogens (primary N) is 1. The third kappa shape index (κ3) is 6.62. The van der Waals surface area contributed by atoms with E-state index < -0.39 is 11.6 Å². The van der Waals surface area contributed by atoms with Gasteiger partial charge < -0.3 is 25.8 Å². The molecule has 0 unspecified atom stereocenters. The molecule has 3 aromatic rings. The van der Waals surface area contributed by atoms with Crippen molar-refractivity contribution in [3.63, 3.8) is 0 Å². The van der Waals surface area contributed by atoms with Crippen molar-refractivity contribution in [1.29, 1.82) is 0 Å². The van der Waals surface area contributed by atoms with Gasteiger partial charge in [0, 0.05) is 41.1 Å². The number of urea groups is 1. The number of amides is 4. The summed E-state index contributed by atoms with van der Waals surface area (Å²) in [5, 5.41) is 8.27. The second kappa shape index (κ2) is 11.4. The molecule has 0 radical (unpaired) electrons. The van der Waals surface area contributed by atoms with E-state index in [0.29, 0.717) is 25.2 Å². The first-order chi connectivity index (χ1) is 18.0. The second-order valence-corrected chi connectivity index (χ2v) is 11.1. The number of hydrogen-bond acceptors (Lipinski definition) is 4. The fourth-order valence-electron chi connectivity index (χ4n) is 4.54. The van der Waals surface area contributed by atoms with Crippen molar-refractivity contribution in [2.45, 2.75) is 51.2 Å². The number of nitrogens with zero attached hydrogens (tertiary/aromatic N) is 2. The van der Waals surface area contributed by atoms with Crippen LogP contribution in [0.1, 0.15) is 37.8 Å². The zero-order valence-electron chi connectivity index (χ0n) is 21.8. The standard InChI is InChI=1S/C28H33BrN6O3/c1-28(2,30)15-25(36)32-22-13-10-19-6-4-5-7-23(19)35(26(22)37)16-18-8-11-21(12-9-18)34-17-20(29)14-24(34)33-27(38)31-3/h4-9,11-12,14,17,22H,10,13,15-16,30H2,1-3H3,(H,32,36)(H2,31,33,38)/t22-/m1/s1. The van der Waals surface area contributed by atoms with Gasteiger partial charge in [0.25, 0.3) is 0 Å². The molecule has 1 aliphatic rings. The normalized spacial score (nSPS) is 15.4. The van der Waals surface area contributed by atoms with Gasteiger partial charge in [-0.05, 0) is 78.0 Å². The van der Waals surface area contributed by atoms with Crippen molar-refractivity contribution in [2.75, 3.05) is 17.3 Å². The lowest BCUT2D eigenvalue weighted by molar-refractivity contribution is -0.128. The summed E-state index contributed by atoms with van der Waals surface area (Å²) >= 11 is 3.47. The summed E-state index contributed by atoms with van der Waals surface area (Å²) in [5.74, 6) is 0.235. The van der Waals surface area contributed by atoms with E-state index in [1.54, 1.807) is 25.8 Å². The van der Waals surface area contributed by atoms with Crippen LogP contribution in [0, 0.1) is 0 Å². The maximum absolute atomic E-state index is 13.7. The predicted molar refractivity (Wildman–Crippen MR) is 152 cm³/mol. The Morgan fingerprint density at radius 1 is 1.13 bits per heavy atom. The van der Waals surface area contributed by atoms with Crippen molar-refractivity contribution in [2.24, 2.45) is 5.73 Å². The predicted octanol–water partition coefficient (Wildman–Crippen LogP) is 4.08. The highest BCUT2D eigenvalue weighted by Crippen LogP contribution is 2.29. The molecular weight excluding hydrogens is 548 g/mol. The fourth-order valence-corrected chi connectivity index (χ4v) is 4.96. The number of carbonyl (C=O) groups is 3. The van der Waals surface area contributed by atoms with Gasteiger partial charge in [0.15, 0.2) is 0 Å². The first-order valence-electron chi connectivity index (χ1n) is 12.5. The van der Waals surface area contributed by atoms with E-state index in [2.05, 4.69) is 31.9 Å². The number of aromatic nitrogens is 1. The molecule has 38 heavy (non-hydrogen) atoms. The Bertz CT molecular complexity index is 1330. The van der Waals surface area contributed by atoms with E-state index in [-0.39, 0.29) is 24.3 Å². The van der Waals surface area contributed by atoms with Crippen molar-refractivity contribution < 1.29 is 14.4 Å². The smallest absolute Gasteiger partial charge is 0.320 e. The number of aryl methyl sites for hydroxylation is 1. The van der Waals surface area contributed by atoms with Gasteiger partial charge in [0.2, 0.25) is 11.8 Å². The first kappa shape index (κ1) is 27.4. The number of nitrogens with one attached hydrogen (secondary N) is 3. The largest absolute Gasteiger partial charge is 0.344 e. The van der Waals surface area contributed by atoms with Gasteiger partial charge >= 0.3 is 6.03 Å². The van der Waals surface area contributed by atoms with E-state index in [9.17, 15) is 14.4 Å². The second-order valence-electron chi connectivity index (χ2n) is 10.2.